The van der Waals surface area contributed by atoms with Crippen molar-refractivity contribution in [2.75, 3.05) is 11.4 Å². The lowest BCUT2D eigenvalue weighted by Crippen LogP contribution is -2.41. The van der Waals surface area contributed by atoms with Crippen LogP contribution in [-0.4, -0.2) is 36.6 Å². The monoisotopic (exact) mass is 383 g/mol. The van der Waals surface area contributed by atoms with Crippen molar-refractivity contribution in [2.45, 2.75) is 75.6 Å². The molecule has 0 saturated heterocycles. The molecule has 146 valence electrons. The lowest BCUT2D eigenvalue weighted by Gasteiger charge is -2.34. The van der Waals surface area contributed by atoms with Crippen molar-refractivity contribution in [2.24, 2.45) is 0 Å². The van der Waals surface area contributed by atoms with Crippen LogP contribution in [0.15, 0.2) is 23.1 Å². The predicted molar refractivity (Wildman–Crippen MR) is 101 cm³/mol. The third kappa shape index (κ3) is 4.38. The third-order valence-electron chi connectivity index (χ3n) is 5.33. The molecule has 0 aliphatic carbocycles. The van der Waals surface area contributed by atoms with Gasteiger partial charge in [-0.05, 0) is 43.0 Å². The summed E-state index contributed by atoms with van der Waals surface area (Å²) in [6.45, 7) is 7.17. The standard InChI is InChI=1S/C19H29NO5S/c1-4-8-17-19(2,3)15-13-14(26(23,24)25)10-11-16(15)20(17)12-7-5-6-9-18(21)22/h10-11,13,17H,4-9,12H2,1-3H3,(H,21,22)(H,23,24,25). The van der Waals surface area contributed by atoms with Crippen molar-refractivity contribution in [1.82, 2.24) is 0 Å². The van der Waals surface area contributed by atoms with E-state index < -0.39 is 16.1 Å². The van der Waals surface area contributed by atoms with Crippen molar-refractivity contribution in [3.05, 3.63) is 23.8 Å². The average molecular weight is 384 g/mol. The number of hydrogen-bond acceptors (Lipinski definition) is 4. The number of nitrogens with zero attached hydrogens (tertiary/aromatic N) is 1. The topological polar surface area (TPSA) is 94.9 Å². The lowest BCUT2D eigenvalue weighted by molar-refractivity contribution is -0.137. The molecule has 0 spiro atoms. The quantitative estimate of drug-likeness (QED) is 0.497. The molecule has 7 heteroatoms. The van der Waals surface area contributed by atoms with Gasteiger partial charge in [0.05, 0.1) is 4.90 Å². The first-order valence-electron chi connectivity index (χ1n) is 9.19. The zero-order chi connectivity index (χ0) is 19.5. The summed E-state index contributed by atoms with van der Waals surface area (Å²) in [5, 5.41) is 8.75. The lowest BCUT2D eigenvalue weighted by atomic mass is 9.79. The number of rotatable bonds is 9. The van der Waals surface area contributed by atoms with E-state index in [1.165, 1.54) is 6.07 Å². The highest BCUT2D eigenvalue weighted by molar-refractivity contribution is 7.85. The van der Waals surface area contributed by atoms with Gasteiger partial charge in [0.25, 0.3) is 10.1 Å². The van der Waals surface area contributed by atoms with Crippen LogP contribution in [0.2, 0.25) is 0 Å². The zero-order valence-electron chi connectivity index (χ0n) is 15.7. The molecule has 0 saturated carbocycles. The molecule has 1 heterocycles. The number of carbonyl (C=O) groups is 1. The van der Waals surface area contributed by atoms with Crippen LogP contribution in [0.1, 0.15) is 64.9 Å². The number of carboxylic acids is 1. The van der Waals surface area contributed by atoms with Crippen molar-refractivity contribution >= 4 is 21.8 Å². The summed E-state index contributed by atoms with van der Waals surface area (Å²) in [5.74, 6) is -0.765. The Kier molecular flexibility index (Phi) is 6.34. The maximum absolute atomic E-state index is 11.5. The molecular weight excluding hydrogens is 354 g/mol. The van der Waals surface area contributed by atoms with Gasteiger partial charge >= 0.3 is 5.97 Å². The molecule has 1 aromatic rings. The molecule has 0 fully saturated rings. The Balaban J connectivity index is 2.26. The number of carboxylic acid groups (broad SMARTS) is 1. The van der Waals surface area contributed by atoms with E-state index >= 15 is 0 Å². The van der Waals surface area contributed by atoms with Crippen molar-refractivity contribution in [3.63, 3.8) is 0 Å². The van der Waals surface area contributed by atoms with E-state index in [9.17, 15) is 17.8 Å². The minimum atomic E-state index is -4.23. The molecule has 0 aromatic heterocycles. The normalized spacial score (nSPS) is 18.8. The highest BCUT2D eigenvalue weighted by Crippen LogP contribution is 2.47. The maximum Gasteiger partial charge on any atom is 0.303 e. The van der Waals surface area contributed by atoms with E-state index in [-0.39, 0.29) is 22.8 Å². The summed E-state index contributed by atoms with van der Waals surface area (Å²) in [5.41, 5.74) is 1.73. The summed E-state index contributed by atoms with van der Waals surface area (Å²) in [6.07, 6.45) is 4.60. The Bertz CT molecular complexity index is 757. The summed E-state index contributed by atoms with van der Waals surface area (Å²) < 4.78 is 32.4. The molecule has 1 aliphatic heterocycles. The van der Waals surface area contributed by atoms with E-state index in [0.29, 0.717) is 6.42 Å². The second-order valence-electron chi connectivity index (χ2n) is 7.58. The minimum absolute atomic E-state index is 0.0668. The SMILES string of the molecule is CCCC1N(CCCCCC(=O)O)c2ccc(S(=O)(=O)O)cc2C1(C)C. The maximum atomic E-state index is 11.5. The van der Waals surface area contributed by atoms with Crippen LogP contribution in [0, 0.1) is 0 Å². The fraction of sp³-hybridized carbons (Fsp3) is 0.632. The summed E-state index contributed by atoms with van der Waals surface area (Å²) >= 11 is 0. The fourth-order valence-corrected chi connectivity index (χ4v) is 4.49. The summed E-state index contributed by atoms with van der Waals surface area (Å²) in [7, 11) is -4.23. The number of aliphatic carboxylic acids is 1. The first kappa shape index (κ1) is 20.7. The molecule has 0 amide bonds. The number of anilines is 1. The van der Waals surface area contributed by atoms with Gasteiger partial charge in [-0.2, -0.15) is 8.42 Å². The van der Waals surface area contributed by atoms with Gasteiger partial charge in [-0.3, -0.25) is 9.35 Å². The van der Waals surface area contributed by atoms with Crippen LogP contribution < -0.4 is 4.90 Å². The Morgan fingerprint density at radius 3 is 2.50 bits per heavy atom. The Hall–Kier alpha value is -1.60. The smallest absolute Gasteiger partial charge is 0.303 e. The second kappa shape index (κ2) is 7.96. The van der Waals surface area contributed by atoms with E-state index in [2.05, 4.69) is 25.7 Å². The van der Waals surface area contributed by atoms with Gasteiger partial charge in [0.1, 0.15) is 0 Å². The van der Waals surface area contributed by atoms with E-state index in [1.807, 2.05) is 0 Å². The van der Waals surface area contributed by atoms with Crippen LogP contribution in [0.25, 0.3) is 0 Å². The van der Waals surface area contributed by atoms with Crippen LogP contribution in [0.3, 0.4) is 0 Å². The van der Waals surface area contributed by atoms with Crippen LogP contribution in [0.5, 0.6) is 0 Å². The fourth-order valence-electron chi connectivity index (χ4n) is 3.98. The van der Waals surface area contributed by atoms with E-state index in [4.69, 9.17) is 5.11 Å². The largest absolute Gasteiger partial charge is 0.481 e. The predicted octanol–water partition coefficient (Wildman–Crippen LogP) is 3.84. The Morgan fingerprint density at radius 1 is 1.23 bits per heavy atom. The molecule has 0 bridgehead atoms. The van der Waals surface area contributed by atoms with Crippen LogP contribution in [-0.2, 0) is 20.3 Å². The van der Waals surface area contributed by atoms with E-state index in [1.54, 1.807) is 12.1 Å². The molecular formula is C19H29NO5S. The van der Waals surface area contributed by atoms with Crippen molar-refractivity contribution in [3.8, 4) is 0 Å². The molecule has 2 N–H and O–H groups in total. The molecule has 26 heavy (non-hydrogen) atoms. The van der Waals surface area contributed by atoms with Gasteiger partial charge < -0.3 is 10.0 Å². The number of hydrogen-bond donors (Lipinski definition) is 2. The van der Waals surface area contributed by atoms with Gasteiger partial charge in [-0.15, -0.1) is 0 Å². The van der Waals surface area contributed by atoms with Gasteiger partial charge in [0.15, 0.2) is 0 Å². The molecule has 1 unspecified atom stereocenters. The second-order valence-corrected chi connectivity index (χ2v) is 9.00. The highest BCUT2D eigenvalue weighted by atomic mass is 32.2. The first-order chi connectivity index (χ1) is 12.1. The van der Waals surface area contributed by atoms with Crippen molar-refractivity contribution < 1.29 is 22.9 Å². The van der Waals surface area contributed by atoms with Gasteiger partial charge in [0, 0.05) is 30.1 Å². The van der Waals surface area contributed by atoms with Crippen molar-refractivity contribution in [1.29, 1.82) is 0 Å². The summed E-state index contributed by atoms with van der Waals surface area (Å²) in [6, 6.07) is 5.08. The van der Waals surface area contributed by atoms with E-state index in [0.717, 1.165) is 43.5 Å². The Labute approximate surface area is 156 Å². The number of benzene rings is 1. The van der Waals surface area contributed by atoms with Gasteiger partial charge in [-0.25, -0.2) is 0 Å². The van der Waals surface area contributed by atoms with Crippen LogP contribution in [0.4, 0.5) is 5.69 Å². The van der Waals surface area contributed by atoms with Gasteiger partial charge in [0.2, 0.25) is 0 Å². The molecule has 1 aliphatic rings. The number of fused-ring (bicyclic) bond motifs is 1. The van der Waals surface area contributed by atoms with Crippen LogP contribution >= 0.6 is 0 Å². The first-order valence-corrected chi connectivity index (χ1v) is 10.6. The van der Waals surface area contributed by atoms with Gasteiger partial charge in [-0.1, -0.05) is 33.6 Å². The minimum Gasteiger partial charge on any atom is -0.481 e. The molecule has 1 aromatic carbocycles. The molecule has 1 atom stereocenters. The number of unbranched alkanes of at least 4 members (excludes halogenated alkanes) is 2. The highest BCUT2D eigenvalue weighted by Gasteiger charge is 2.44. The Morgan fingerprint density at radius 2 is 1.92 bits per heavy atom. The third-order valence-corrected chi connectivity index (χ3v) is 6.18. The summed E-state index contributed by atoms with van der Waals surface area (Å²) in [4.78, 5) is 12.9. The molecule has 0 radical (unpaired) electrons. The molecule has 2 rings (SSSR count). The average Bonchev–Trinajstić information content (AvgIpc) is 2.74. The molecule has 6 nitrogen and oxygen atoms in total. The zero-order valence-corrected chi connectivity index (χ0v) is 16.6.